The predicted molar refractivity (Wildman–Crippen MR) is 130 cm³/mol. The Morgan fingerprint density at radius 3 is 2.61 bits per heavy atom. The standard InChI is InChI=1S/C25H22AsN7/c1-17(2)26-22-10-24(33-25-21(14-31-33)9-19(11-27)12-29-25)28-15-23(22)32-16-20(13-30-32)8-18-6-4-3-5-7-18/h3-7,9-10,12-17,26H,8H2,1-2H3. The molecule has 0 aliphatic carbocycles. The zero-order chi connectivity index (χ0) is 22.8. The van der Waals surface area contributed by atoms with Crippen molar-refractivity contribution in [2.24, 2.45) is 0 Å². The molecule has 0 aliphatic heterocycles. The molecule has 0 aliphatic rings. The van der Waals surface area contributed by atoms with Crippen LogP contribution in [0.2, 0.25) is 4.71 Å². The number of fused-ring (bicyclic) bond motifs is 1. The van der Waals surface area contributed by atoms with E-state index in [1.54, 1.807) is 23.1 Å². The Morgan fingerprint density at radius 1 is 0.970 bits per heavy atom. The summed E-state index contributed by atoms with van der Waals surface area (Å²) in [5.74, 6) is 0.724. The van der Waals surface area contributed by atoms with Crippen LogP contribution < -0.4 is 4.35 Å². The Balaban J connectivity index is 1.52. The van der Waals surface area contributed by atoms with Crippen molar-refractivity contribution in [2.45, 2.75) is 25.0 Å². The average Bonchev–Trinajstić information content (AvgIpc) is 3.46. The summed E-state index contributed by atoms with van der Waals surface area (Å²) >= 11 is -0.429. The first-order valence-corrected chi connectivity index (χ1v) is 13.0. The summed E-state index contributed by atoms with van der Waals surface area (Å²) in [6.45, 7) is 4.50. The van der Waals surface area contributed by atoms with Gasteiger partial charge in [-0.3, -0.25) is 0 Å². The van der Waals surface area contributed by atoms with Gasteiger partial charge < -0.3 is 0 Å². The van der Waals surface area contributed by atoms with Gasteiger partial charge in [0.2, 0.25) is 0 Å². The molecule has 0 bridgehead atoms. The number of nitriles is 1. The van der Waals surface area contributed by atoms with Crippen molar-refractivity contribution < 1.29 is 0 Å². The van der Waals surface area contributed by atoms with Gasteiger partial charge >= 0.3 is 199 Å². The summed E-state index contributed by atoms with van der Waals surface area (Å²) in [7, 11) is 0. The Bertz CT molecular complexity index is 1460. The molecule has 7 nitrogen and oxygen atoms in total. The number of hydrogen-bond donors (Lipinski definition) is 0. The zero-order valence-electron chi connectivity index (χ0n) is 18.3. The number of nitrogens with zero attached hydrogens (tertiary/aromatic N) is 7. The van der Waals surface area contributed by atoms with E-state index in [1.807, 2.05) is 23.1 Å². The van der Waals surface area contributed by atoms with Gasteiger partial charge in [0.15, 0.2) is 0 Å². The molecule has 33 heavy (non-hydrogen) atoms. The summed E-state index contributed by atoms with van der Waals surface area (Å²) in [6.07, 6.45) is 10.0. The fourth-order valence-corrected chi connectivity index (χ4v) is 6.16. The molecule has 4 aromatic heterocycles. The molecule has 8 heteroatoms. The number of pyridine rings is 2. The van der Waals surface area contributed by atoms with Gasteiger partial charge in [0.25, 0.3) is 0 Å². The van der Waals surface area contributed by atoms with Gasteiger partial charge in [-0.2, -0.15) is 0 Å². The second-order valence-electron chi connectivity index (χ2n) is 8.12. The van der Waals surface area contributed by atoms with E-state index < -0.39 is 15.8 Å². The second-order valence-corrected chi connectivity index (χ2v) is 12.3. The maximum atomic E-state index is 9.13. The normalized spacial score (nSPS) is 11.6. The monoisotopic (exact) mass is 495 g/mol. The summed E-state index contributed by atoms with van der Waals surface area (Å²) in [6, 6.07) is 16.4. The third kappa shape index (κ3) is 4.43. The van der Waals surface area contributed by atoms with Crippen molar-refractivity contribution in [2.75, 3.05) is 0 Å². The van der Waals surface area contributed by atoms with Gasteiger partial charge in [-0.25, -0.2) is 0 Å². The summed E-state index contributed by atoms with van der Waals surface area (Å²) in [5, 5.41) is 19.1. The van der Waals surface area contributed by atoms with E-state index in [9.17, 15) is 0 Å². The summed E-state index contributed by atoms with van der Waals surface area (Å²) in [4.78, 5) is 9.14. The molecular formula is C25H22AsN7. The van der Waals surface area contributed by atoms with Crippen LogP contribution in [0.3, 0.4) is 0 Å². The van der Waals surface area contributed by atoms with Crippen LogP contribution in [-0.2, 0) is 6.42 Å². The molecule has 0 amide bonds. The van der Waals surface area contributed by atoms with Crippen molar-refractivity contribution in [1.82, 2.24) is 29.5 Å². The van der Waals surface area contributed by atoms with Gasteiger partial charge in [-0.05, 0) is 0 Å². The Labute approximate surface area is 198 Å². The van der Waals surface area contributed by atoms with Crippen molar-refractivity contribution >= 4 is 31.1 Å². The molecule has 1 atom stereocenters. The number of rotatable bonds is 6. The Hall–Kier alpha value is -3.75. The molecule has 1 unspecified atom stereocenters. The van der Waals surface area contributed by atoms with Crippen molar-refractivity contribution in [3.8, 4) is 17.6 Å². The minimum absolute atomic E-state index is 0.429. The Kier molecular flexibility index (Phi) is 5.76. The molecular weight excluding hydrogens is 473 g/mol. The van der Waals surface area contributed by atoms with Crippen LogP contribution in [-0.4, -0.2) is 45.3 Å². The van der Waals surface area contributed by atoms with E-state index in [0.717, 1.165) is 28.9 Å². The number of aromatic nitrogens is 6. The Morgan fingerprint density at radius 2 is 1.82 bits per heavy atom. The predicted octanol–water partition coefficient (Wildman–Crippen LogP) is 3.35. The summed E-state index contributed by atoms with van der Waals surface area (Å²) in [5.41, 5.74) is 4.65. The van der Waals surface area contributed by atoms with E-state index in [2.05, 4.69) is 71.6 Å². The van der Waals surface area contributed by atoms with Crippen LogP contribution in [0.5, 0.6) is 0 Å². The molecule has 1 aromatic carbocycles. The number of hydrogen-bond acceptors (Lipinski definition) is 5. The van der Waals surface area contributed by atoms with Crippen LogP contribution in [0.25, 0.3) is 22.5 Å². The second kappa shape index (κ2) is 9.01. The minimum atomic E-state index is -0.429. The van der Waals surface area contributed by atoms with Gasteiger partial charge in [-0.1, -0.05) is 0 Å². The third-order valence-electron chi connectivity index (χ3n) is 5.20. The average molecular weight is 495 g/mol. The molecule has 0 N–H and O–H groups in total. The molecule has 4 heterocycles. The van der Waals surface area contributed by atoms with E-state index in [0.29, 0.717) is 15.9 Å². The molecule has 0 spiro atoms. The maximum absolute atomic E-state index is 9.13. The van der Waals surface area contributed by atoms with Gasteiger partial charge in [0.05, 0.1) is 0 Å². The molecule has 0 fully saturated rings. The van der Waals surface area contributed by atoms with Gasteiger partial charge in [0, 0.05) is 0 Å². The molecule has 0 saturated carbocycles. The van der Waals surface area contributed by atoms with Crippen LogP contribution in [0, 0.1) is 11.3 Å². The fraction of sp³-hybridized carbons (Fsp3) is 0.160. The molecule has 5 aromatic rings. The SMILES string of the molecule is CC(C)[AsH]c1cc(-n2ncc3cc(C#N)cnc32)ncc1-n1cc(Cc2ccccc2)cn1. The quantitative estimate of drug-likeness (QED) is 0.338. The van der Waals surface area contributed by atoms with E-state index in [4.69, 9.17) is 10.2 Å². The zero-order valence-corrected chi connectivity index (χ0v) is 20.4. The van der Waals surface area contributed by atoms with E-state index in [-0.39, 0.29) is 0 Å². The first-order chi connectivity index (χ1) is 16.1. The van der Waals surface area contributed by atoms with Crippen molar-refractivity contribution in [1.29, 1.82) is 5.26 Å². The van der Waals surface area contributed by atoms with Gasteiger partial charge in [0.1, 0.15) is 0 Å². The molecule has 0 saturated heterocycles. The van der Waals surface area contributed by atoms with Crippen LogP contribution in [0.15, 0.2) is 73.4 Å². The van der Waals surface area contributed by atoms with Crippen molar-refractivity contribution in [3.63, 3.8) is 0 Å². The molecule has 162 valence electrons. The molecule has 5 rings (SSSR count). The summed E-state index contributed by atoms with van der Waals surface area (Å²) < 4.78 is 5.53. The van der Waals surface area contributed by atoms with Crippen LogP contribution in [0.4, 0.5) is 0 Å². The van der Waals surface area contributed by atoms with Crippen LogP contribution >= 0.6 is 0 Å². The molecule has 0 radical (unpaired) electrons. The van der Waals surface area contributed by atoms with E-state index in [1.165, 1.54) is 9.91 Å². The number of benzene rings is 1. The van der Waals surface area contributed by atoms with Crippen LogP contribution in [0.1, 0.15) is 30.5 Å². The third-order valence-corrected chi connectivity index (χ3v) is 7.90. The van der Waals surface area contributed by atoms with E-state index >= 15 is 0 Å². The first kappa shape index (κ1) is 21.1. The first-order valence-electron chi connectivity index (χ1n) is 10.7. The fourth-order valence-electron chi connectivity index (χ4n) is 3.73. The van der Waals surface area contributed by atoms with Crippen molar-refractivity contribution in [3.05, 3.63) is 90.1 Å². The van der Waals surface area contributed by atoms with Gasteiger partial charge in [-0.15, -0.1) is 0 Å². The topological polar surface area (TPSA) is 85.2 Å².